The fourth-order valence-corrected chi connectivity index (χ4v) is 1.84. The van der Waals surface area contributed by atoms with Crippen LogP contribution in [0.4, 0.5) is 0 Å². The number of hydrogen-bond donors (Lipinski definition) is 0. The summed E-state index contributed by atoms with van der Waals surface area (Å²) in [4.78, 5) is 15.7. The standard InChI is InChI=1S/C16H13NO4/c1-11-2-4-12(5-3-11)19-9-16(18)21-13-6-7-15-14(8-13)17-10-20-15/h2-8,10H,9H2,1H3. The minimum Gasteiger partial charge on any atom is -0.482 e. The summed E-state index contributed by atoms with van der Waals surface area (Å²) in [6, 6.07) is 12.4. The summed E-state index contributed by atoms with van der Waals surface area (Å²) in [7, 11) is 0. The second-order valence-corrected chi connectivity index (χ2v) is 4.56. The number of aryl methyl sites for hydroxylation is 1. The molecule has 0 aliphatic rings. The van der Waals surface area contributed by atoms with Gasteiger partial charge < -0.3 is 13.9 Å². The molecule has 0 radical (unpaired) electrons. The zero-order valence-electron chi connectivity index (χ0n) is 11.4. The van der Waals surface area contributed by atoms with Gasteiger partial charge in [-0.2, -0.15) is 0 Å². The first-order valence-electron chi connectivity index (χ1n) is 6.44. The Morgan fingerprint density at radius 2 is 1.90 bits per heavy atom. The largest absolute Gasteiger partial charge is 0.482 e. The van der Waals surface area contributed by atoms with Crippen molar-refractivity contribution >= 4 is 17.1 Å². The minimum atomic E-state index is -0.474. The molecule has 3 aromatic rings. The van der Waals surface area contributed by atoms with Crippen LogP contribution in [0.25, 0.3) is 11.1 Å². The first-order chi connectivity index (χ1) is 10.2. The van der Waals surface area contributed by atoms with Crippen LogP contribution in [-0.2, 0) is 4.79 Å². The first kappa shape index (κ1) is 13.2. The van der Waals surface area contributed by atoms with E-state index in [0.717, 1.165) is 5.56 Å². The van der Waals surface area contributed by atoms with Gasteiger partial charge in [-0.3, -0.25) is 0 Å². The van der Waals surface area contributed by atoms with E-state index >= 15 is 0 Å². The van der Waals surface area contributed by atoms with Gasteiger partial charge in [0.1, 0.15) is 17.0 Å². The maximum atomic E-state index is 11.7. The van der Waals surface area contributed by atoms with Gasteiger partial charge in [-0.1, -0.05) is 17.7 Å². The Kier molecular flexibility index (Phi) is 3.55. The smallest absolute Gasteiger partial charge is 0.349 e. The molecular formula is C16H13NO4. The number of rotatable bonds is 4. The van der Waals surface area contributed by atoms with Crippen LogP contribution in [0.1, 0.15) is 5.56 Å². The molecule has 1 heterocycles. The zero-order chi connectivity index (χ0) is 14.7. The Hall–Kier alpha value is -2.82. The number of esters is 1. The van der Waals surface area contributed by atoms with Gasteiger partial charge in [0, 0.05) is 6.07 Å². The van der Waals surface area contributed by atoms with Crippen LogP contribution >= 0.6 is 0 Å². The normalized spacial score (nSPS) is 10.5. The molecule has 0 saturated heterocycles. The first-order valence-corrected chi connectivity index (χ1v) is 6.44. The Labute approximate surface area is 121 Å². The van der Waals surface area contributed by atoms with E-state index in [2.05, 4.69) is 4.98 Å². The Morgan fingerprint density at radius 3 is 2.71 bits per heavy atom. The van der Waals surface area contributed by atoms with Crippen LogP contribution in [0.2, 0.25) is 0 Å². The molecule has 0 saturated carbocycles. The molecule has 0 unspecified atom stereocenters. The van der Waals surface area contributed by atoms with E-state index in [0.29, 0.717) is 22.6 Å². The van der Waals surface area contributed by atoms with E-state index in [1.807, 2.05) is 31.2 Å². The maximum absolute atomic E-state index is 11.7. The third-order valence-corrected chi connectivity index (χ3v) is 2.91. The van der Waals surface area contributed by atoms with Gasteiger partial charge in [-0.05, 0) is 31.2 Å². The van der Waals surface area contributed by atoms with E-state index in [-0.39, 0.29) is 6.61 Å². The van der Waals surface area contributed by atoms with Crippen molar-refractivity contribution in [3.8, 4) is 11.5 Å². The molecule has 0 spiro atoms. The molecule has 21 heavy (non-hydrogen) atoms. The predicted octanol–water partition coefficient (Wildman–Crippen LogP) is 3.12. The fourth-order valence-electron chi connectivity index (χ4n) is 1.84. The van der Waals surface area contributed by atoms with Crippen LogP contribution in [-0.4, -0.2) is 17.6 Å². The third-order valence-electron chi connectivity index (χ3n) is 2.91. The molecule has 3 rings (SSSR count). The SMILES string of the molecule is Cc1ccc(OCC(=O)Oc2ccc3ocnc3c2)cc1. The summed E-state index contributed by atoms with van der Waals surface area (Å²) in [5.41, 5.74) is 2.41. The Morgan fingerprint density at radius 1 is 1.14 bits per heavy atom. The van der Waals surface area contributed by atoms with Gasteiger partial charge >= 0.3 is 5.97 Å². The molecule has 0 N–H and O–H groups in total. The number of carbonyl (C=O) groups excluding carboxylic acids is 1. The summed E-state index contributed by atoms with van der Waals surface area (Å²) >= 11 is 0. The number of benzene rings is 2. The average Bonchev–Trinajstić information content (AvgIpc) is 2.94. The molecule has 0 aliphatic heterocycles. The molecule has 0 bridgehead atoms. The Bertz CT molecular complexity index is 761. The quantitative estimate of drug-likeness (QED) is 0.544. The lowest BCUT2D eigenvalue weighted by atomic mass is 10.2. The summed E-state index contributed by atoms with van der Waals surface area (Å²) in [5, 5.41) is 0. The highest BCUT2D eigenvalue weighted by Crippen LogP contribution is 2.19. The van der Waals surface area contributed by atoms with Crippen molar-refractivity contribution < 1.29 is 18.7 Å². The average molecular weight is 283 g/mol. The van der Waals surface area contributed by atoms with Crippen LogP contribution in [0, 0.1) is 6.92 Å². The number of nitrogens with zero attached hydrogens (tertiary/aromatic N) is 1. The number of ether oxygens (including phenoxy) is 2. The predicted molar refractivity (Wildman–Crippen MR) is 76.3 cm³/mol. The monoisotopic (exact) mass is 283 g/mol. The fraction of sp³-hybridized carbons (Fsp3) is 0.125. The summed E-state index contributed by atoms with van der Waals surface area (Å²) < 4.78 is 15.7. The van der Waals surface area contributed by atoms with Crippen molar-refractivity contribution in [3.05, 3.63) is 54.4 Å². The van der Waals surface area contributed by atoms with Crippen molar-refractivity contribution in [1.82, 2.24) is 4.98 Å². The highest BCUT2D eigenvalue weighted by atomic mass is 16.6. The number of aromatic nitrogens is 1. The van der Waals surface area contributed by atoms with Crippen LogP contribution in [0.5, 0.6) is 11.5 Å². The third kappa shape index (κ3) is 3.20. The van der Waals surface area contributed by atoms with Crippen LogP contribution in [0.15, 0.2) is 53.3 Å². The molecule has 0 atom stereocenters. The lowest BCUT2D eigenvalue weighted by Crippen LogP contribution is -2.17. The van der Waals surface area contributed by atoms with Crippen molar-refractivity contribution in [2.24, 2.45) is 0 Å². The lowest BCUT2D eigenvalue weighted by molar-refractivity contribution is -0.136. The summed E-state index contributed by atoms with van der Waals surface area (Å²) in [6.45, 7) is 1.83. The minimum absolute atomic E-state index is 0.153. The molecule has 0 fully saturated rings. The maximum Gasteiger partial charge on any atom is 0.349 e. The molecule has 1 aromatic heterocycles. The summed E-state index contributed by atoms with van der Waals surface area (Å²) in [6.07, 6.45) is 1.34. The number of carbonyl (C=O) groups is 1. The van der Waals surface area contributed by atoms with Gasteiger partial charge in [-0.25, -0.2) is 9.78 Å². The van der Waals surface area contributed by atoms with Gasteiger partial charge in [0.25, 0.3) is 0 Å². The molecule has 5 nitrogen and oxygen atoms in total. The van der Waals surface area contributed by atoms with Crippen molar-refractivity contribution in [3.63, 3.8) is 0 Å². The van der Waals surface area contributed by atoms with Crippen molar-refractivity contribution in [2.75, 3.05) is 6.61 Å². The van der Waals surface area contributed by atoms with E-state index < -0.39 is 5.97 Å². The number of fused-ring (bicyclic) bond motifs is 1. The summed E-state index contributed by atoms with van der Waals surface area (Å²) in [5.74, 6) is 0.567. The highest BCUT2D eigenvalue weighted by Gasteiger charge is 2.08. The van der Waals surface area contributed by atoms with Crippen molar-refractivity contribution in [2.45, 2.75) is 6.92 Å². The lowest BCUT2D eigenvalue weighted by Gasteiger charge is -2.06. The zero-order valence-corrected chi connectivity index (χ0v) is 11.4. The number of hydrogen-bond acceptors (Lipinski definition) is 5. The van der Waals surface area contributed by atoms with Gasteiger partial charge in [-0.15, -0.1) is 0 Å². The van der Waals surface area contributed by atoms with Crippen molar-refractivity contribution in [1.29, 1.82) is 0 Å². The molecular weight excluding hydrogens is 270 g/mol. The van der Waals surface area contributed by atoms with Crippen LogP contribution < -0.4 is 9.47 Å². The van der Waals surface area contributed by atoms with Crippen LogP contribution in [0.3, 0.4) is 0 Å². The van der Waals surface area contributed by atoms with E-state index in [9.17, 15) is 4.79 Å². The molecule has 5 heteroatoms. The molecule has 106 valence electrons. The molecule has 0 amide bonds. The van der Waals surface area contributed by atoms with Gasteiger partial charge in [0.15, 0.2) is 18.6 Å². The molecule has 0 aliphatic carbocycles. The Balaban J connectivity index is 1.59. The van der Waals surface area contributed by atoms with Gasteiger partial charge in [0.05, 0.1) is 0 Å². The second-order valence-electron chi connectivity index (χ2n) is 4.56. The number of oxazole rings is 1. The topological polar surface area (TPSA) is 61.6 Å². The van der Waals surface area contributed by atoms with E-state index in [4.69, 9.17) is 13.9 Å². The second kappa shape index (κ2) is 5.66. The van der Waals surface area contributed by atoms with E-state index in [1.54, 1.807) is 18.2 Å². The van der Waals surface area contributed by atoms with E-state index in [1.165, 1.54) is 6.39 Å². The van der Waals surface area contributed by atoms with Gasteiger partial charge in [0.2, 0.25) is 0 Å². The highest BCUT2D eigenvalue weighted by molar-refractivity contribution is 5.78. The molecule has 2 aromatic carbocycles.